The van der Waals surface area contributed by atoms with Crippen molar-refractivity contribution < 1.29 is 14.0 Å². The van der Waals surface area contributed by atoms with Crippen molar-refractivity contribution in [1.82, 2.24) is 14.8 Å². The standard InChI is InChI=1S/C25H37N3O3/c1-17(2)12-13-28-23(29)21-15-22-20(14-18(3)31-22)27(21)16-25(28,4)24(30)26-19-10-8-6-5-7-9-11-19/h14-15,17,19H,5-13,16H2,1-4H3,(H,26,30)/t25-/m1/s1. The molecule has 0 spiro atoms. The summed E-state index contributed by atoms with van der Waals surface area (Å²) in [6.45, 7) is 9.18. The molecule has 170 valence electrons. The quantitative estimate of drug-likeness (QED) is 0.727. The second kappa shape index (κ2) is 8.71. The molecule has 1 aliphatic heterocycles. The molecule has 2 aliphatic rings. The van der Waals surface area contributed by atoms with Crippen LogP contribution in [0.2, 0.25) is 0 Å². The average Bonchev–Trinajstić information content (AvgIpc) is 3.20. The van der Waals surface area contributed by atoms with Crippen LogP contribution in [0.15, 0.2) is 16.5 Å². The molecule has 2 aromatic rings. The molecule has 0 saturated heterocycles. The Hall–Kier alpha value is -2.24. The molecule has 0 bridgehead atoms. The molecule has 6 heteroatoms. The van der Waals surface area contributed by atoms with Crippen LogP contribution < -0.4 is 5.32 Å². The molecule has 1 saturated carbocycles. The number of amides is 2. The van der Waals surface area contributed by atoms with E-state index in [4.69, 9.17) is 4.42 Å². The summed E-state index contributed by atoms with van der Waals surface area (Å²) in [6, 6.07) is 4.00. The molecule has 4 rings (SSSR count). The fourth-order valence-corrected chi connectivity index (χ4v) is 5.14. The molecule has 0 unspecified atom stereocenters. The highest BCUT2D eigenvalue weighted by molar-refractivity contribution is 6.03. The largest absolute Gasteiger partial charge is 0.460 e. The molecule has 1 N–H and O–H groups in total. The molecule has 3 heterocycles. The maximum Gasteiger partial charge on any atom is 0.271 e. The van der Waals surface area contributed by atoms with Crippen molar-refractivity contribution in [3.05, 3.63) is 23.6 Å². The topological polar surface area (TPSA) is 67.5 Å². The molecular formula is C25H37N3O3. The number of rotatable bonds is 5. The number of furan rings is 1. The molecule has 0 aromatic carbocycles. The van der Waals surface area contributed by atoms with Gasteiger partial charge in [0.05, 0.1) is 12.1 Å². The van der Waals surface area contributed by atoms with Crippen LogP contribution in [-0.4, -0.2) is 39.4 Å². The van der Waals surface area contributed by atoms with E-state index in [1.165, 1.54) is 19.3 Å². The lowest BCUT2D eigenvalue weighted by Gasteiger charge is -2.45. The molecule has 2 amide bonds. The monoisotopic (exact) mass is 427 g/mol. The lowest BCUT2D eigenvalue weighted by molar-refractivity contribution is -0.133. The number of hydrogen-bond acceptors (Lipinski definition) is 3. The summed E-state index contributed by atoms with van der Waals surface area (Å²) in [4.78, 5) is 29.1. The van der Waals surface area contributed by atoms with Gasteiger partial charge in [0.15, 0.2) is 5.58 Å². The minimum atomic E-state index is -0.918. The second-order valence-corrected chi connectivity index (χ2v) is 10.2. The van der Waals surface area contributed by atoms with Crippen LogP contribution in [0.5, 0.6) is 0 Å². The minimum Gasteiger partial charge on any atom is -0.460 e. The van der Waals surface area contributed by atoms with Crippen LogP contribution >= 0.6 is 0 Å². The SMILES string of the molecule is Cc1cc2c(cc3n2C[C@](C)(C(=O)NC2CCCCCCC2)N(CCC(C)C)C3=O)o1. The van der Waals surface area contributed by atoms with Gasteiger partial charge in [-0.15, -0.1) is 0 Å². The lowest BCUT2D eigenvalue weighted by Crippen LogP contribution is -2.65. The Morgan fingerprint density at radius 1 is 1.19 bits per heavy atom. The smallest absolute Gasteiger partial charge is 0.271 e. The van der Waals surface area contributed by atoms with Crippen LogP contribution in [0.4, 0.5) is 0 Å². The summed E-state index contributed by atoms with van der Waals surface area (Å²) in [5, 5.41) is 3.34. The van der Waals surface area contributed by atoms with E-state index in [0.29, 0.717) is 30.3 Å². The van der Waals surface area contributed by atoms with E-state index < -0.39 is 5.54 Å². The van der Waals surface area contributed by atoms with Gasteiger partial charge >= 0.3 is 0 Å². The van der Waals surface area contributed by atoms with Gasteiger partial charge < -0.3 is 19.2 Å². The predicted octanol–water partition coefficient (Wildman–Crippen LogP) is 5.03. The number of hydrogen-bond donors (Lipinski definition) is 1. The minimum absolute atomic E-state index is 0.0251. The number of fused-ring (bicyclic) bond motifs is 3. The zero-order chi connectivity index (χ0) is 22.2. The van der Waals surface area contributed by atoms with E-state index in [2.05, 4.69) is 19.2 Å². The number of aryl methyl sites for hydroxylation is 1. The zero-order valence-corrected chi connectivity index (χ0v) is 19.5. The van der Waals surface area contributed by atoms with Crippen molar-refractivity contribution in [2.45, 2.75) is 97.2 Å². The first kappa shape index (κ1) is 22.0. The third kappa shape index (κ3) is 4.26. The lowest BCUT2D eigenvalue weighted by atomic mass is 9.91. The maximum absolute atomic E-state index is 13.7. The Morgan fingerprint density at radius 2 is 1.87 bits per heavy atom. The average molecular weight is 428 g/mol. The van der Waals surface area contributed by atoms with Gasteiger partial charge in [0.25, 0.3) is 5.91 Å². The van der Waals surface area contributed by atoms with Crippen molar-refractivity contribution in [1.29, 1.82) is 0 Å². The van der Waals surface area contributed by atoms with Crippen molar-refractivity contribution in [2.24, 2.45) is 5.92 Å². The van der Waals surface area contributed by atoms with Crippen molar-refractivity contribution in [2.75, 3.05) is 6.54 Å². The van der Waals surface area contributed by atoms with Gasteiger partial charge in [0.1, 0.15) is 17.0 Å². The molecule has 1 fully saturated rings. The van der Waals surface area contributed by atoms with Gasteiger partial charge in [-0.25, -0.2) is 0 Å². The van der Waals surface area contributed by atoms with Gasteiger partial charge in [-0.2, -0.15) is 0 Å². The van der Waals surface area contributed by atoms with Crippen LogP contribution in [0.25, 0.3) is 11.1 Å². The summed E-state index contributed by atoms with van der Waals surface area (Å²) >= 11 is 0. The van der Waals surface area contributed by atoms with E-state index in [9.17, 15) is 9.59 Å². The number of carbonyl (C=O) groups is 2. The van der Waals surface area contributed by atoms with E-state index in [-0.39, 0.29) is 17.9 Å². The third-order valence-electron chi connectivity index (χ3n) is 7.10. The highest BCUT2D eigenvalue weighted by Gasteiger charge is 2.48. The van der Waals surface area contributed by atoms with Crippen LogP contribution in [0, 0.1) is 12.8 Å². The molecule has 2 aromatic heterocycles. The Labute approximate surface area is 185 Å². The van der Waals surface area contributed by atoms with Crippen LogP contribution in [0.1, 0.15) is 88.4 Å². The number of carbonyl (C=O) groups excluding carboxylic acids is 2. The summed E-state index contributed by atoms with van der Waals surface area (Å²) < 4.78 is 7.77. The van der Waals surface area contributed by atoms with Gasteiger partial charge in [0.2, 0.25) is 5.91 Å². The van der Waals surface area contributed by atoms with Crippen molar-refractivity contribution in [3.63, 3.8) is 0 Å². The van der Waals surface area contributed by atoms with Gasteiger partial charge in [-0.05, 0) is 39.0 Å². The molecule has 1 atom stereocenters. The molecule has 0 radical (unpaired) electrons. The normalized spacial score (nSPS) is 23.1. The van der Waals surface area contributed by atoms with E-state index >= 15 is 0 Å². The fraction of sp³-hybridized carbons (Fsp3) is 0.680. The second-order valence-electron chi connectivity index (χ2n) is 10.2. The zero-order valence-electron chi connectivity index (χ0n) is 19.5. The Bertz CT molecular complexity index is 949. The summed E-state index contributed by atoms with van der Waals surface area (Å²) in [5.41, 5.74) is 1.32. The summed E-state index contributed by atoms with van der Waals surface area (Å²) in [5.74, 6) is 1.17. The maximum atomic E-state index is 13.7. The van der Waals surface area contributed by atoms with Gasteiger partial charge in [-0.3, -0.25) is 9.59 Å². The first-order valence-electron chi connectivity index (χ1n) is 12.0. The summed E-state index contributed by atoms with van der Waals surface area (Å²) in [7, 11) is 0. The van der Waals surface area contributed by atoms with E-state index in [1.54, 1.807) is 0 Å². The highest BCUT2D eigenvalue weighted by Crippen LogP contribution is 2.34. The third-order valence-corrected chi connectivity index (χ3v) is 7.10. The Balaban J connectivity index is 1.65. The van der Waals surface area contributed by atoms with Gasteiger partial charge in [0, 0.05) is 24.7 Å². The summed E-state index contributed by atoms with van der Waals surface area (Å²) in [6.07, 6.45) is 9.03. The first-order chi connectivity index (χ1) is 14.8. The molecule has 1 aliphatic carbocycles. The van der Waals surface area contributed by atoms with Crippen LogP contribution in [0.3, 0.4) is 0 Å². The van der Waals surface area contributed by atoms with Crippen LogP contribution in [-0.2, 0) is 11.3 Å². The number of aromatic nitrogens is 1. The van der Waals surface area contributed by atoms with Gasteiger partial charge in [-0.1, -0.05) is 46.0 Å². The number of nitrogens with one attached hydrogen (secondary N) is 1. The predicted molar refractivity (Wildman–Crippen MR) is 122 cm³/mol. The van der Waals surface area contributed by atoms with Crippen molar-refractivity contribution >= 4 is 22.9 Å². The highest BCUT2D eigenvalue weighted by atomic mass is 16.3. The molecular weight excluding hydrogens is 390 g/mol. The number of nitrogens with zero attached hydrogens (tertiary/aromatic N) is 2. The Morgan fingerprint density at radius 3 is 2.55 bits per heavy atom. The van der Waals surface area contributed by atoms with E-state index in [0.717, 1.165) is 43.4 Å². The van der Waals surface area contributed by atoms with Crippen molar-refractivity contribution in [3.8, 4) is 0 Å². The Kier molecular flexibility index (Phi) is 6.18. The first-order valence-corrected chi connectivity index (χ1v) is 12.0. The molecule has 6 nitrogen and oxygen atoms in total. The van der Waals surface area contributed by atoms with E-state index in [1.807, 2.05) is 35.4 Å². The molecule has 31 heavy (non-hydrogen) atoms. The fourth-order valence-electron chi connectivity index (χ4n) is 5.14.